The topological polar surface area (TPSA) is 123 Å². The first-order chi connectivity index (χ1) is 15.6. The lowest BCUT2D eigenvalue weighted by Gasteiger charge is -2.29. The molecule has 0 saturated carbocycles. The maximum absolute atomic E-state index is 13.6. The van der Waals surface area contributed by atoms with Crippen molar-refractivity contribution in [3.63, 3.8) is 0 Å². The van der Waals surface area contributed by atoms with Crippen molar-refractivity contribution < 1.29 is 19.1 Å². The normalized spacial score (nSPS) is 23.3. The predicted octanol–water partition coefficient (Wildman–Crippen LogP) is 3.00. The molecule has 9 heteroatoms. The molecule has 1 spiro atoms. The van der Waals surface area contributed by atoms with Crippen LogP contribution < -0.4 is 26.4 Å². The summed E-state index contributed by atoms with van der Waals surface area (Å²) >= 11 is 6.13. The first-order valence-corrected chi connectivity index (χ1v) is 11.2. The lowest BCUT2D eigenvalue weighted by atomic mass is 9.78. The van der Waals surface area contributed by atoms with Crippen LogP contribution in [0.2, 0.25) is 5.02 Å². The number of nitrogens with one attached hydrogen (secondary N) is 3. The van der Waals surface area contributed by atoms with Crippen molar-refractivity contribution in [1.82, 2.24) is 5.32 Å². The number of aryl methyl sites for hydroxylation is 2. The highest BCUT2D eigenvalue weighted by Gasteiger charge is 2.60. The number of methoxy groups -OCH3 is 1. The van der Waals surface area contributed by atoms with E-state index in [1.807, 2.05) is 26.0 Å². The standard InChI is InChI=1S/C24H27ClN4O4/c1-12-8-13(2)21-16(9-12)24(23(32)28-21)17(11-15(29-24)5-7-20(26)30)22(31)27-18-10-14(25)4-6-19(18)33-3/h4,6,8-10,15,17,29H,5,7,11H2,1-3H3,(H2,26,30)(H,27,31)(H,28,32). The van der Waals surface area contributed by atoms with Gasteiger partial charge in [-0.05, 0) is 50.5 Å². The van der Waals surface area contributed by atoms with Crippen LogP contribution in [0.25, 0.3) is 0 Å². The molecule has 174 valence electrons. The number of amides is 3. The van der Waals surface area contributed by atoms with Crippen molar-refractivity contribution >= 4 is 40.7 Å². The average molecular weight is 471 g/mol. The first-order valence-electron chi connectivity index (χ1n) is 10.8. The maximum Gasteiger partial charge on any atom is 0.250 e. The number of nitrogens with two attached hydrogens (primary N) is 1. The Labute approximate surface area is 197 Å². The van der Waals surface area contributed by atoms with Crippen LogP contribution >= 0.6 is 11.6 Å². The summed E-state index contributed by atoms with van der Waals surface area (Å²) in [4.78, 5) is 38.5. The molecule has 4 rings (SSSR count). The van der Waals surface area contributed by atoms with Crippen LogP contribution in [0.5, 0.6) is 5.75 Å². The van der Waals surface area contributed by atoms with Gasteiger partial charge < -0.3 is 21.1 Å². The number of benzene rings is 2. The van der Waals surface area contributed by atoms with Crippen molar-refractivity contribution in [2.24, 2.45) is 11.7 Å². The molecule has 5 N–H and O–H groups in total. The molecular weight excluding hydrogens is 444 g/mol. The number of hydrogen-bond donors (Lipinski definition) is 4. The van der Waals surface area contributed by atoms with E-state index in [0.717, 1.165) is 16.7 Å². The minimum absolute atomic E-state index is 0.158. The molecule has 8 nitrogen and oxygen atoms in total. The molecule has 2 aliphatic heterocycles. The largest absolute Gasteiger partial charge is 0.495 e. The summed E-state index contributed by atoms with van der Waals surface area (Å²) in [5, 5.41) is 9.72. The second-order valence-corrected chi connectivity index (χ2v) is 9.17. The zero-order chi connectivity index (χ0) is 23.9. The summed E-state index contributed by atoms with van der Waals surface area (Å²) in [5.41, 5.74) is 7.88. The molecule has 2 heterocycles. The number of halogens is 1. The van der Waals surface area contributed by atoms with Crippen molar-refractivity contribution in [3.05, 3.63) is 52.0 Å². The van der Waals surface area contributed by atoms with E-state index in [2.05, 4.69) is 16.0 Å². The molecule has 1 saturated heterocycles. The molecular formula is C24H27ClN4O4. The SMILES string of the molecule is COc1ccc(Cl)cc1NC(=O)C1CC(CCC(N)=O)NC12C(=O)Nc1c(C)cc(C)cc12. The summed E-state index contributed by atoms with van der Waals surface area (Å²) in [6, 6.07) is 8.62. The Morgan fingerprint density at radius 2 is 2.03 bits per heavy atom. The fraction of sp³-hybridized carbons (Fsp3) is 0.375. The van der Waals surface area contributed by atoms with E-state index in [1.54, 1.807) is 18.2 Å². The Kier molecular flexibility index (Phi) is 6.07. The van der Waals surface area contributed by atoms with E-state index >= 15 is 0 Å². The Bertz CT molecular complexity index is 1150. The minimum atomic E-state index is -1.26. The predicted molar refractivity (Wildman–Crippen MR) is 126 cm³/mol. The average Bonchev–Trinajstić information content (AvgIpc) is 3.27. The first kappa shape index (κ1) is 23.1. The number of hydrogen-bond acceptors (Lipinski definition) is 5. The smallest absolute Gasteiger partial charge is 0.250 e. The highest BCUT2D eigenvalue weighted by atomic mass is 35.5. The number of ether oxygens (including phenoxy) is 1. The van der Waals surface area contributed by atoms with Crippen molar-refractivity contribution in [1.29, 1.82) is 0 Å². The molecule has 3 atom stereocenters. The molecule has 33 heavy (non-hydrogen) atoms. The van der Waals surface area contributed by atoms with Gasteiger partial charge in [-0.2, -0.15) is 0 Å². The van der Waals surface area contributed by atoms with E-state index in [9.17, 15) is 14.4 Å². The third-order valence-electron chi connectivity index (χ3n) is 6.45. The third kappa shape index (κ3) is 4.05. The second kappa shape index (κ2) is 8.68. The van der Waals surface area contributed by atoms with Crippen LogP contribution in [0.15, 0.2) is 30.3 Å². The molecule has 3 amide bonds. The van der Waals surface area contributed by atoms with Crippen molar-refractivity contribution in [2.75, 3.05) is 17.7 Å². The number of fused-ring (bicyclic) bond motifs is 2. The summed E-state index contributed by atoms with van der Waals surface area (Å²) in [6.45, 7) is 3.88. The fourth-order valence-corrected chi connectivity index (χ4v) is 5.19. The Morgan fingerprint density at radius 3 is 2.73 bits per heavy atom. The molecule has 0 bridgehead atoms. The van der Waals surface area contributed by atoms with Crippen molar-refractivity contribution in [2.45, 2.75) is 44.7 Å². The molecule has 2 aliphatic rings. The van der Waals surface area contributed by atoms with E-state index in [-0.39, 0.29) is 24.3 Å². The van der Waals surface area contributed by atoms with E-state index in [1.165, 1.54) is 7.11 Å². The number of carbonyl (C=O) groups is 3. The van der Waals surface area contributed by atoms with Gasteiger partial charge in [-0.15, -0.1) is 0 Å². The zero-order valence-corrected chi connectivity index (χ0v) is 19.5. The van der Waals surface area contributed by atoms with Gasteiger partial charge in [0.15, 0.2) is 0 Å². The fourth-order valence-electron chi connectivity index (χ4n) is 5.02. The van der Waals surface area contributed by atoms with Crippen LogP contribution in [0, 0.1) is 19.8 Å². The van der Waals surface area contributed by atoms with E-state index < -0.39 is 17.4 Å². The van der Waals surface area contributed by atoms with Gasteiger partial charge >= 0.3 is 0 Å². The van der Waals surface area contributed by atoms with Gasteiger partial charge in [0, 0.05) is 28.7 Å². The van der Waals surface area contributed by atoms with Crippen LogP contribution in [0.3, 0.4) is 0 Å². The van der Waals surface area contributed by atoms with Gasteiger partial charge in [-0.1, -0.05) is 29.3 Å². The van der Waals surface area contributed by atoms with E-state index in [0.29, 0.717) is 35.0 Å². The number of anilines is 2. The van der Waals surface area contributed by atoms with Crippen LogP contribution in [0.1, 0.15) is 36.0 Å². The molecule has 2 aromatic rings. The lowest BCUT2D eigenvalue weighted by Crippen LogP contribution is -2.52. The monoisotopic (exact) mass is 470 g/mol. The Balaban J connectivity index is 1.75. The number of primary amides is 1. The van der Waals surface area contributed by atoms with E-state index in [4.69, 9.17) is 22.1 Å². The lowest BCUT2D eigenvalue weighted by molar-refractivity contribution is -0.130. The highest BCUT2D eigenvalue weighted by Crippen LogP contribution is 2.49. The van der Waals surface area contributed by atoms with Crippen LogP contribution in [-0.2, 0) is 19.9 Å². The second-order valence-electron chi connectivity index (χ2n) is 8.73. The molecule has 0 aromatic heterocycles. The summed E-state index contributed by atoms with van der Waals surface area (Å²) < 4.78 is 5.36. The van der Waals surface area contributed by atoms with Gasteiger partial charge in [0.2, 0.25) is 17.7 Å². The van der Waals surface area contributed by atoms with Gasteiger partial charge in [0.25, 0.3) is 0 Å². The number of rotatable bonds is 6. The third-order valence-corrected chi connectivity index (χ3v) is 6.69. The Hall–Kier alpha value is -3.10. The Morgan fingerprint density at radius 1 is 1.27 bits per heavy atom. The highest BCUT2D eigenvalue weighted by molar-refractivity contribution is 6.31. The quantitative estimate of drug-likeness (QED) is 0.517. The summed E-state index contributed by atoms with van der Waals surface area (Å²) in [5.74, 6) is -1.33. The molecule has 0 aliphatic carbocycles. The van der Waals surface area contributed by atoms with Gasteiger partial charge in [-0.3, -0.25) is 19.7 Å². The van der Waals surface area contributed by atoms with Gasteiger partial charge in [0.1, 0.15) is 11.3 Å². The van der Waals surface area contributed by atoms with Crippen LogP contribution in [0.4, 0.5) is 11.4 Å². The molecule has 3 unspecified atom stereocenters. The minimum Gasteiger partial charge on any atom is -0.495 e. The van der Waals surface area contributed by atoms with Crippen molar-refractivity contribution in [3.8, 4) is 5.75 Å². The molecule has 2 aromatic carbocycles. The zero-order valence-electron chi connectivity index (χ0n) is 18.8. The van der Waals surface area contributed by atoms with Gasteiger partial charge in [-0.25, -0.2) is 0 Å². The number of carbonyl (C=O) groups excluding carboxylic acids is 3. The van der Waals surface area contributed by atoms with Gasteiger partial charge in [0.05, 0.1) is 18.7 Å². The summed E-state index contributed by atoms with van der Waals surface area (Å²) in [7, 11) is 1.50. The molecule has 1 fully saturated rings. The van der Waals surface area contributed by atoms with Crippen LogP contribution in [-0.4, -0.2) is 30.9 Å². The maximum atomic E-state index is 13.6. The molecule has 0 radical (unpaired) electrons. The summed E-state index contributed by atoms with van der Waals surface area (Å²) in [6.07, 6.45) is 0.947.